The van der Waals surface area contributed by atoms with Crippen molar-refractivity contribution in [2.24, 2.45) is 0 Å². The fourth-order valence-electron chi connectivity index (χ4n) is 3.06. The Bertz CT molecular complexity index is 1290. The molecule has 0 aliphatic carbocycles. The third-order valence-corrected chi connectivity index (χ3v) is 5.78. The Morgan fingerprint density at radius 2 is 1.84 bits per heavy atom. The van der Waals surface area contributed by atoms with Crippen molar-refractivity contribution in [2.45, 2.75) is 37.5 Å². The van der Waals surface area contributed by atoms with E-state index in [-0.39, 0.29) is 11.5 Å². The maximum absolute atomic E-state index is 12.4. The number of benzene rings is 2. The zero-order valence-corrected chi connectivity index (χ0v) is 18.8. The Kier molecular flexibility index (Phi) is 6.32. The van der Waals surface area contributed by atoms with Crippen molar-refractivity contribution >= 4 is 29.0 Å². The first kappa shape index (κ1) is 21.7. The zero-order chi connectivity index (χ0) is 22.7. The molecule has 2 heterocycles. The van der Waals surface area contributed by atoms with Crippen molar-refractivity contribution in [3.8, 4) is 5.75 Å². The lowest BCUT2D eigenvalue weighted by Gasteiger charge is -2.15. The van der Waals surface area contributed by atoms with Crippen molar-refractivity contribution in [2.75, 3.05) is 5.32 Å². The summed E-state index contributed by atoms with van der Waals surface area (Å²) in [5.41, 5.74) is 2.77. The first-order chi connectivity index (χ1) is 15.4. The van der Waals surface area contributed by atoms with Crippen LogP contribution in [0.4, 0.5) is 5.69 Å². The predicted molar refractivity (Wildman–Crippen MR) is 124 cm³/mol. The van der Waals surface area contributed by atoms with Crippen LogP contribution in [0.3, 0.4) is 0 Å². The van der Waals surface area contributed by atoms with Crippen LogP contribution in [0.1, 0.15) is 23.9 Å². The minimum atomic E-state index is -0.626. The van der Waals surface area contributed by atoms with Crippen molar-refractivity contribution in [1.82, 2.24) is 9.56 Å². The van der Waals surface area contributed by atoms with Crippen LogP contribution >= 0.6 is 11.8 Å². The van der Waals surface area contributed by atoms with Crippen LogP contribution in [-0.2, 0) is 10.5 Å². The Morgan fingerprint density at radius 1 is 1.12 bits per heavy atom. The summed E-state index contributed by atoms with van der Waals surface area (Å²) >= 11 is 1.56. The van der Waals surface area contributed by atoms with Gasteiger partial charge in [0.25, 0.3) is 11.5 Å². The number of hydrogen-bond donors (Lipinski definition) is 1. The number of fused-ring (bicyclic) bond motifs is 1. The van der Waals surface area contributed by atoms with Crippen LogP contribution < -0.4 is 15.6 Å². The molecule has 1 atom stereocenters. The molecule has 0 aliphatic heterocycles. The maximum Gasteiger partial charge on any atom is 0.287 e. The molecule has 164 valence electrons. The fourth-order valence-corrected chi connectivity index (χ4v) is 3.85. The molecule has 2 aromatic heterocycles. The van der Waals surface area contributed by atoms with E-state index in [1.54, 1.807) is 31.7 Å². The van der Waals surface area contributed by atoms with E-state index in [1.165, 1.54) is 10.6 Å². The summed E-state index contributed by atoms with van der Waals surface area (Å²) in [4.78, 5) is 30.0. The monoisotopic (exact) mass is 449 g/mol. The molecule has 0 aliphatic rings. The van der Waals surface area contributed by atoms with Crippen molar-refractivity contribution in [3.05, 3.63) is 88.0 Å². The number of carbonyl (C=O) groups is 1. The van der Waals surface area contributed by atoms with Crippen LogP contribution in [0, 0.1) is 13.8 Å². The molecule has 0 saturated carbocycles. The van der Waals surface area contributed by atoms with Gasteiger partial charge in [-0.05, 0) is 57.2 Å². The number of hydrogen-bond acceptors (Lipinski definition) is 6. The molecule has 4 aromatic rings. The van der Waals surface area contributed by atoms with Gasteiger partial charge in [0.1, 0.15) is 11.5 Å². The van der Waals surface area contributed by atoms with E-state index in [4.69, 9.17) is 9.26 Å². The summed E-state index contributed by atoms with van der Waals surface area (Å²) in [6.07, 6.45) is -0.626. The lowest BCUT2D eigenvalue weighted by molar-refractivity contribution is -0.122. The zero-order valence-electron chi connectivity index (χ0n) is 18.0. The highest BCUT2D eigenvalue weighted by molar-refractivity contribution is 7.98. The molecule has 4 rings (SSSR count). The lowest BCUT2D eigenvalue weighted by atomic mass is 10.2. The van der Waals surface area contributed by atoms with Gasteiger partial charge >= 0.3 is 0 Å². The number of nitrogens with zero attached hydrogens (tertiary/aromatic N) is 2. The topological polar surface area (TPSA) is 85.8 Å². The van der Waals surface area contributed by atoms with Crippen molar-refractivity contribution in [3.63, 3.8) is 0 Å². The third-order valence-electron chi connectivity index (χ3n) is 4.74. The molecule has 0 fully saturated rings. The second-order valence-electron chi connectivity index (χ2n) is 7.46. The number of ether oxygens (including phenoxy) is 1. The Balaban J connectivity index is 1.33. The molecule has 1 N–H and O–H groups in total. The van der Waals surface area contributed by atoms with Gasteiger partial charge in [0.05, 0.1) is 5.69 Å². The van der Waals surface area contributed by atoms with Gasteiger partial charge in [0.2, 0.25) is 0 Å². The lowest BCUT2D eigenvalue weighted by Crippen LogP contribution is -2.30. The minimum Gasteiger partial charge on any atom is -0.481 e. The average molecular weight is 450 g/mol. The van der Waals surface area contributed by atoms with E-state index < -0.39 is 6.10 Å². The van der Waals surface area contributed by atoms with Gasteiger partial charge in [-0.2, -0.15) is 0 Å². The number of aryl methyl sites for hydroxylation is 2. The molecule has 0 radical (unpaired) electrons. The Labute approximate surface area is 189 Å². The second-order valence-corrected chi connectivity index (χ2v) is 8.51. The number of thioether (sulfide) groups is 1. The van der Waals surface area contributed by atoms with Crippen molar-refractivity contribution in [1.29, 1.82) is 0 Å². The van der Waals surface area contributed by atoms with E-state index in [0.717, 1.165) is 10.5 Å². The van der Waals surface area contributed by atoms with Crippen LogP contribution in [-0.4, -0.2) is 21.6 Å². The Hall–Kier alpha value is -3.52. The molecule has 1 amide bonds. The molecule has 8 heteroatoms. The summed E-state index contributed by atoms with van der Waals surface area (Å²) in [6, 6.07) is 18.3. The predicted octanol–water partition coefficient (Wildman–Crippen LogP) is 4.60. The number of aromatic nitrogens is 2. The number of anilines is 1. The Morgan fingerprint density at radius 3 is 2.56 bits per heavy atom. The largest absolute Gasteiger partial charge is 0.481 e. The normalized spacial score (nSPS) is 12.0. The van der Waals surface area contributed by atoms with Crippen LogP contribution in [0.5, 0.6) is 5.75 Å². The summed E-state index contributed by atoms with van der Waals surface area (Å²) in [5, 5.41) is 2.86. The fraction of sp³-hybridized carbons (Fsp3) is 0.208. The minimum absolute atomic E-state index is 0.223. The van der Waals surface area contributed by atoms with Crippen LogP contribution in [0.2, 0.25) is 0 Å². The smallest absolute Gasteiger partial charge is 0.287 e. The average Bonchev–Trinajstić information content (AvgIpc) is 3.15. The molecule has 7 nitrogen and oxygen atoms in total. The number of amides is 1. The highest BCUT2D eigenvalue weighted by Gasteiger charge is 2.15. The van der Waals surface area contributed by atoms with Gasteiger partial charge in [-0.25, -0.2) is 4.98 Å². The van der Waals surface area contributed by atoms with Crippen LogP contribution in [0.25, 0.3) is 5.65 Å². The van der Waals surface area contributed by atoms with E-state index in [2.05, 4.69) is 10.3 Å². The molecule has 0 spiro atoms. The maximum atomic E-state index is 12.4. The molecule has 2 aromatic carbocycles. The van der Waals surface area contributed by atoms with E-state index in [1.807, 2.05) is 55.5 Å². The van der Waals surface area contributed by atoms with E-state index in [0.29, 0.717) is 34.3 Å². The quantitative estimate of drug-likeness (QED) is 0.415. The standard InChI is InChI=1S/C24H23N3O4S/c1-15-4-8-20(9-5-15)30-17(3)24(29)26-18-6-10-21(11-7-18)32-14-19-13-23(28)27-22(25-19)12-16(2)31-27/h4-13,17H,14H2,1-3H3,(H,26,29)/t17-/m1/s1. The van der Waals surface area contributed by atoms with E-state index in [9.17, 15) is 9.59 Å². The van der Waals surface area contributed by atoms with Gasteiger partial charge in [-0.15, -0.1) is 16.3 Å². The SMILES string of the molecule is Cc1ccc(O[C@H](C)C(=O)Nc2ccc(SCc3cc(=O)n4oc(C)cc4n3)cc2)cc1. The van der Waals surface area contributed by atoms with Gasteiger partial charge in [0.15, 0.2) is 11.8 Å². The van der Waals surface area contributed by atoms with Crippen LogP contribution in [0.15, 0.2) is 74.9 Å². The second kappa shape index (κ2) is 9.32. The molecule has 0 unspecified atom stereocenters. The van der Waals surface area contributed by atoms with Gasteiger partial charge in [-0.3, -0.25) is 9.59 Å². The summed E-state index contributed by atoms with van der Waals surface area (Å²) in [5.74, 6) is 1.61. The molecule has 0 saturated heterocycles. The number of rotatable bonds is 7. The van der Waals surface area contributed by atoms with E-state index >= 15 is 0 Å². The molecule has 32 heavy (non-hydrogen) atoms. The number of carbonyl (C=O) groups excluding carboxylic acids is 1. The number of nitrogens with one attached hydrogen (secondary N) is 1. The first-order valence-electron chi connectivity index (χ1n) is 10.1. The third kappa shape index (κ3) is 5.20. The van der Waals surface area contributed by atoms with Gasteiger partial charge < -0.3 is 14.6 Å². The highest BCUT2D eigenvalue weighted by Crippen LogP contribution is 2.24. The molecular weight excluding hydrogens is 426 g/mol. The summed E-state index contributed by atoms with van der Waals surface area (Å²) in [7, 11) is 0. The summed E-state index contributed by atoms with van der Waals surface area (Å²) < 4.78 is 12.2. The molecule has 0 bridgehead atoms. The van der Waals surface area contributed by atoms with Crippen molar-refractivity contribution < 1.29 is 14.1 Å². The van der Waals surface area contributed by atoms with Gasteiger partial charge in [0, 0.05) is 28.5 Å². The molecular formula is C24H23N3O4S. The van der Waals surface area contributed by atoms with Gasteiger partial charge in [-0.1, -0.05) is 17.7 Å². The summed E-state index contributed by atoms with van der Waals surface area (Å²) in [6.45, 7) is 5.49. The first-order valence-corrected chi connectivity index (χ1v) is 11.1. The highest BCUT2D eigenvalue weighted by atomic mass is 32.2.